The summed E-state index contributed by atoms with van der Waals surface area (Å²) < 4.78 is 0. The summed E-state index contributed by atoms with van der Waals surface area (Å²) in [5, 5.41) is 0.761. The number of nitrogens with zero attached hydrogens (tertiary/aromatic N) is 2. The maximum atomic E-state index is 11.3. The third-order valence-corrected chi connectivity index (χ3v) is 2.20. The lowest BCUT2D eigenvalue weighted by atomic mass is 10.2. The fraction of sp³-hybridized carbons (Fsp3) is 0.375. The van der Waals surface area contributed by atoms with Crippen LogP contribution in [0.3, 0.4) is 0 Å². The van der Waals surface area contributed by atoms with Gasteiger partial charge in [0, 0.05) is 12.6 Å². The van der Waals surface area contributed by atoms with Crippen LogP contribution in [0.2, 0.25) is 0 Å². The molecule has 1 aromatic heterocycles. The highest BCUT2D eigenvalue weighted by molar-refractivity contribution is 7.98. The van der Waals surface area contributed by atoms with Crippen LogP contribution in [-0.4, -0.2) is 22.0 Å². The highest BCUT2D eigenvalue weighted by atomic mass is 32.2. The molecule has 0 bridgehead atoms. The monoisotopic (exact) mass is 182 g/mol. The lowest BCUT2D eigenvalue weighted by Crippen LogP contribution is -2.01. The van der Waals surface area contributed by atoms with Crippen molar-refractivity contribution in [2.45, 2.75) is 18.4 Å². The van der Waals surface area contributed by atoms with Gasteiger partial charge in [0.1, 0.15) is 11.4 Å². The molecule has 0 fully saturated rings. The van der Waals surface area contributed by atoms with Crippen molar-refractivity contribution in [3.05, 3.63) is 18.1 Å². The molecule has 0 amide bonds. The normalized spacial score (nSPS) is 9.83. The molecule has 0 aliphatic heterocycles. The molecule has 0 radical (unpaired) electrons. The van der Waals surface area contributed by atoms with Gasteiger partial charge in [-0.25, -0.2) is 9.97 Å². The number of hydrogen-bond donors (Lipinski definition) is 0. The number of carbonyl (C=O) groups is 1. The van der Waals surface area contributed by atoms with Gasteiger partial charge in [0.25, 0.3) is 0 Å². The van der Waals surface area contributed by atoms with Gasteiger partial charge in [-0.1, -0.05) is 6.92 Å². The molecule has 0 spiro atoms. The first-order valence-electron chi connectivity index (χ1n) is 3.66. The number of ketones is 1. The lowest BCUT2D eigenvalue weighted by Gasteiger charge is -2.01. The van der Waals surface area contributed by atoms with Crippen molar-refractivity contribution in [1.82, 2.24) is 9.97 Å². The second kappa shape index (κ2) is 4.21. The van der Waals surface area contributed by atoms with Crippen LogP contribution >= 0.6 is 11.8 Å². The Kier molecular flexibility index (Phi) is 3.22. The van der Waals surface area contributed by atoms with Crippen LogP contribution in [0.1, 0.15) is 23.7 Å². The maximum absolute atomic E-state index is 11.3. The second-order valence-electron chi connectivity index (χ2n) is 2.22. The van der Waals surface area contributed by atoms with Gasteiger partial charge in [-0.2, -0.15) is 0 Å². The molecule has 1 aromatic rings. The largest absolute Gasteiger partial charge is 0.294 e. The number of hydrogen-bond acceptors (Lipinski definition) is 4. The summed E-state index contributed by atoms with van der Waals surface area (Å²) >= 11 is 1.47. The minimum absolute atomic E-state index is 0.0972. The first-order valence-corrected chi connectivity index (χ1v) is 4.89. The van der Waals surface area contributed by atoms with E-state index in [-0.39, 0.29) is 5.78 Å². The Balaban J connectivity index is 3.04. The number of rotatable bonds is 3. The fourth-order valence-electron chi connectivity index (χ4n) is 0.863. The van der Waals surface area contributed by atoms with Gasteiger partial charge in [-0.3, -0.25) is 4.79 Å². The van der Waals surface area contributed by atoms with E-state index < -0.39 is 0 Å². The van der Waals surface area contributed by atoms with Gasteiger partial charge in [0.2, 0.25) is 0 Å². The molecule has 1 rings (SSSR count). The third kappa shape index (κ3) is 1.82. The third-order valence-electron chi connectivity index (χ3n) is 1.49. The second-order valence-corrected chi connectivity index (χ2v) is 3.02. The summed E-state index contributed by atoms with van der Waals surface area (Å²) in [6.07, 6.45) is 5.43. The van der Waals surface area contributed by atoms with Gasteiger partial charge in [-0.15, -0.1) is 11.8 Å². The van der Waals surface area contributed by atoms with E-state index in [2.05, 4.69) is 9.97 Å². The average molecular weight is 182 g/mol. The molecule has 64 valence electrons. The number of carbonyl (C=O) groups excluding carboxylic acids is 1. The number of thioether (sulfide) groups is 1. The molecule has 0 saturated heterocycles. The first kappa shape index (κ1) is 9.19. The fourth-order valence-corrected chi connectivity index (χ4v) is 1.40. The van der Waals surface area contributed by atoms with Gasteiger partial charge in [-0.05, 0) is 6.26 Å². The molecule has 3 nitrogen and oxygen atoms in total. The van der Waals surface area contributed by atoms with E-state index in [1.807, 2.05) is 13.2 Å². The van der Waals surface area contributed by atoms with Gasteiger partial charge < -0.3 is 0 Å². The smallest absolute Gasteiger partial charge is 0.166 e. The van der Waals surface area contributed by atoms with Crippen LogP contribution in [0.15, 0.2) is 17.6 Å². The Morgan fingerprint density at radius 2 is 2.42 bits per heavy atom. The van der Waals surface area contributed by atoms with Crippen LogP contribution in [0, 0.1) is 0 Å². The van der Waals surface area contributed by atoms with E-state index >= 15 is 0 Å². The molecule has 1 heterocycles. The summed E-state index contributed by atoms with van der Waals surface area (Å²) in [6.45, 7) is 1.83. The molecule has 0 aliphatic rings. The highest BCUT2D eigenvalue weighted by Gasteiger charge is 2.09. The quantitative estimate of drug-likeness (QED) is 0.406. The SMILES string of the molecule is CCC(=O)c1cncnc1SC. The zero-order chi connectivity index (χ0) is 8.97. The van der Waals surface area contributed by atoms with Gasteiger partial charge >= 0.3 is 0 Å². The van der Waals surface area contributed by atoms with Crippen LogP contribution < -0.4 is 0 Å². The molecule has 0 N–H and O–H groups in total. The molecular formula is C8H10N2OS. The Labute approximate surface area is 75.6 Å². The van der Waals surface area contributed by atoms with E-state index in [0.29, 0.717) is 12.0 Å². The standard InChI is InChI=1S/C8H10N2OS/c1-3-7(11)6-4-9-5-10-8(6)12-2/h4-5H,3H2,1-2H3. The Bertz CT molecular complexity index is 288. The summed E-state index contributed by atoms with van der Waals surface area (Å²) in [4.78, 5) is 19.1. The molecule has 0 unspecified atom stereocenters. The van der Waals surface area contributed by atoms with Crippen LogP contribution in [0.5, 0.6) is 0 Å². The minimum atomic E-state index is 0.0972. The maximum Gasteiger partial charge on any atom is 0.166 e. The first-order chi connectivity index (χ1) is 5.79. The molecule has 0 saturated carbocycles. The summed E-state index contributed by atoms with van der Waals surface area (Å²) in [5.41, 5.74) is 0.632. The van der Waals surface area contributed by atoms with Gasteiger partial charge in [0.05, 0.1) is 5.56 Å². The van der Waals surface area contributed by atoms with Crippen LogP contribution in [0.4, 0.5) is 0 Å². The van der Waals surface area contributed by atoms with Gasteiger partial charge in [0.15, 0.2) is 5.78 Å². The molecule has 12 heavy (non-hydrogen) atoms. The number of aromatic nitrogens is 2. The predicted molar refractivity (Wildman–Crippen MR) is 48.4 cm³/mol. The summed E-state index contributed by atoms with van der Waals surface area (Å²) in [5.74, 6) is 0.0972. The molecule has 0 atom stereocenters. The molecule has 4 heteroatoms. The minimum Gasteiger partial charge on any atom is -0.294 e. The Morgan fingerprint density at radius 1 is 1.67 bits per heavy atom. The summed E-state index contributed by atoms with van der Waals surface area (Å²) in [6, 6.07) is 0. The zero-order valence-corrected chi connectivity index (χ0v) is 7.89. The Morgan fingerprint density at radius 3 is 3.00 bits per heavy atom. The van der Waals surface area contributed by atoms with E-state index in [0.717, 1.165) is 5.03 Å². The van der Waals surface area contributed by atoms with Crippen LogP contribution in [-0.2, 0) is 0 Å². The molecular weight excluding hydrogens is 172 g/mol. The molecule has 0 aliphatic carbocycles. The van der Waals surface area contributed by atoms with Crippen molar-refractivity contribution < 1.29 is 4.79 Å². The van der Waals surface area contributed by atoms with Crippen molar-refractivity contribution >= 4 is 17.5 Å². The van der Waals surface area contributed by atoms with E-state index in [4.69, 9.17) is 0 Å². The topological polar surface area (TPSA) is 42.9 Å². The van der Waals surface area contributed by atoms with E-state index in [1.165, 1.54) is 18.1 Å². The van der Waals surface area contributed by atoms with Crippen molar-refractivity contribution in [3.63, 3.8) is 0 Å². The van der Waals surface area contributed by atoms with Crippen molar-refractivity contribution in [3.8, 4) is 0 Å². The van der Waals surface area contributed by atoms with Crippen molar-refractivity contribution in [2.24, 2.45) is 0 Å². The highest BCUT2D eigenvalue weighted by Crippen LogP contribution is 2.16. The van der Waals surface area contributed by atoms with Crippen LogP contribution in [0.25, 0.3) is 0 Å². The van der Waals surface area contributed by atoms with E-state index in [9.17, 15) is 4.79 Å². The van der Waals surface area contributed by atoms with E-state index in [1.54, 1.807) is 6.20 Å². The van der Waals surface area contributed by atoms with Crippen molar-refractivity contribution in [2.75, 3.05) is 6.26 Å². The average Bonchev–Trinajstić information content (AvgIpc) is 2.16. The zero-order valence-electron chi connectivity index (χ0n) is 7.07. The lowest BCUT2D eigenvalue weighted by molar-refractivity contribution is 0.0984. The predicted octanol–water partition coefficient (Wildman–Crippen LogP) is 1.79. The Hall–Kier alpha value is -0.900. The van der Waals surface area contributed by atoms with Crippen molar-refractivity contribution in [1.29, 1.82) is 0 Å². The summed E-state index contributed by atoms with van der Waals surface area (Å²) in [7, 11) is 0. The number of Topliss-reactive ketones (excluding diaryl/α,β-unsaturated/α-hetero) is 1. The molecule has 0 aromatic carbocycles.